The average molecular weight is 558 g/mol. The van der Waals surface area contributed by atoms with Crippen LogP contribution in [0.4, 0.5) is 4.39 Å². The van der Waals surface area contributed by atoms with Crippen LogP contribution in [0.1, 0.15) is 65.9 Å². The Morgan fingerprint density at radius 2 is 1.66 bits per heavy atom. The second-order valence-electron chi connectivity index (χ2n) is 9.68. The van der Waals surface area contributed by atoms with Crippen LogP contribution >= 0.6 is 35.0 Å². The van der Waals surface area contributed by atoms with Crippen molar-refractivity contribution in [2.24, 2.45) is 0 Å². The van der Waals surface area contributed by atoms with Gasteiger partial charge in [0.1, 0.15) is 5.82 Å². The van der Waals surface area contributed by atoms with E-state index in [2.05, 4.69) is 9.62 Å². The van der Waals surface area contributed by atoms with E-state index in [1.54, 1.807) is 23.9 Å². The zero-order chi connectivity index (χ0) is 24.7. The predicted octanol–water partition coefficient (Wildman–Crippen LogP) is 5.99. The minimum Gasteiger partial charge on any atom is -0.299 e. The van der Waals surface area contributed by atoms with Crippen LogP contribution in [0, 0.1) is 5.82 Å². The molecule has 0 bridgehead atoms. The fraction of sp³-hybridized carbons (Fsp3) is 0.480. The third-order valence-electron chi connectivity index (χ3n) is 6.76. The molecule has 0 atom stereocenters. The van der Waals surface area contributed by atoms with Crippen LogP contribution in [0.3, 0.4) is 0 Å². The highest BCUT2D eigenvalue weighted by molar-refractivity contribution is 8.00. The van der Waals surface area contributed by atoms with E-state index >= 15 is 0 Å². The number of carbonyl (C=O) groups excluding carboxylic acids is 1. The quantitative estimate of drug-likeness (QED) is 0.432. The van der Waals surface area contributed by atoms with Crippen LogP contribution in [0.15, 0.2) is 35.2 Å². The summed E-state index contributed by atoms with van der Waals surface area (Å²) in [5.74, 6) is -1.24. The summed E-state index contributed by atoms with van der Waals surface area (Å²) in [4.78, 5) is 16.0. The van der Waals surface area contributed by atoms with Crippen LogP contribution in [-0.4, -0.2) is 42.8 Å². The summed E-state index contributed by atoms with van der Waals surface area (Å²) in [7, 11) is -3.73. The number of benzene rings is 2. The molecule has 2 saturated carbocycles. The van der Waals surface area contributed by atoms with Gasteiger partial charge in [-0.05, 0) is 99.0 Å². The maximum Gasteiger partial charge on any atom is 0.267 e. The number of hydrogen-bond acceptors (Lipinski definition) is 5. The molecule has 1 aliphatic heterocycles. The van der Waals surface area contributed by atoms with Crippen molar-refractivity contribution in [1.29, 1.82) is 0 Å². The van der Waals surface area contributed by atoms with Crippen LogP contribution in [0.25, 0.3) is 0 Å². The highest BCUT2D eigenvalue weighted by atomic mass is 35.5. The second kappa shape index (κ2) is 10.2. The van der Waals surface area contributed by atoms with Gasteiger partial charge >= 0.3 is 0 Å². The monoisotopic (exact) mass is 556 g/mol. The molecule has 0 aromatic heterocycles. The number of sulfonamides is 1. The van der Waals surface area contributed by atoms with Gasteiger partial charge in [-0.25, -0.2) is 17.5 Å². The third-order valence-corrected chi connectivity index (χ3v) is 10.3. The summed E-state index contributed by atoms with van der Waals surface area (Å²) in [6.45, 7) is 2.39. The van der Waals surface area contributed by atoms with Crippen molar-refractivity contribution in [3.05, 3.63) is 62.9 Å². The van der Waals surface area contributed by atoms with Crippen molar-refractivity contribution >= 4 is 50.9 Å². The van der Waals surface area contributed by atoms with Gasteiger partial charge in [-0.3, -0.25) is 9.69 Å². The number of thioether (sulfide) groups is 1. The Labute approximate surface area is 219 Å². The zero-order valence-electron chi connectivity index (χ0n) is 19.1. The third kappa shape index (κ3) is 6.34. The fourth-order valence-electron chi connectivity index (χ4n) is 4.58. The molecule has 188 valence electrons. The molecule has 1 N–H and O–H groups in total. The smallest absolute Gasteiger partial charge is 0.267 e. The molecule has 3 fully saturated rings. The van der Waals surface area contributed by atoms with E-state index in [0.717, 1.165) is 54.8 Å². The van der Waals surface area contributed by atoms with Crippen molar-refractivity contribution in [2.45, 2.75) is 66.4 Å². The Balaban J connectivity index is 1.24. The maximum atomic E-state index is 15.0. The number of amides is 1. The molecule has 5 nitrogen and oxygen atoms in total. The summed E-state index contributed by atoms with van der Waals surface area (Å²) in [6, 6.07) is 8.60. The van der Waals surface area contributed by atoms with Crippen molar-refractivity contribution in [3.8, 4) is 0 Å². The minimum atomic E-state index is -3.73. The van der Waals surface area contributed by atoms with Gasteiger partial charge in [0.05, 0.1) is 10.8 Å². The van der Waals surface area contributed by atoms with Crippen molar-refractivity contribution < 1.29 is 17.6 Å². The lowest BCUT2D eigenvalue weighted by Gasteiger charge is -2.32. The molecule has 0 radical (unpaired) electrons. The largest absolute Gasteiger partial charge is 0.299 e. The second-order valence-corrected chi connectivity index (χ2v) is 13.9. The van der Waals surface area contributed by atoms with E-state index in [4.69, 9.17) is 23.2 Å². The average Bonchev–Trinajstić information content (AvgIpc) is 3.67. The summed E-state index contributed by atoms with van der Waals surface area (Å²) >= 11 is 14.0. The predicted molar refractivity (Wildman–Crippen MR) is 138 cm³/mol. The van der Waals surface area contributed by atoms with Crippen LogP contribution in [-0.2, 0) is 16.6 Å². The van der Waals surface area contributed by atoms with Crippen LogP contribution in [0.5, 0.6) is 0 Å². The highest BCUT2D eigenvalue weighted by Crippen LogP contribution is 2.43. The first-order valence-electron chi connectivity index (χ1n) is 11.9. The lowest BCUT2D eigenvalue weighted by molar-refractivity contribution is 0.0977. The lowest BCUT2D eigenvalue weighted by atomic mass is 9.98. The van der Waals surface area contributed by atoms with E-state index < -0.39 is 27.0 Å². The van der Waals surface area contributed by atoms with E-state index in [-0.39, 0.29) is 5.56 Å². The van der Waals surface area contributed by atoms with Gasteiger partial charge in [0, 0.05) is 26.7 Å². The first-order valence-corrected chi connectivity index (χ1v) is 15.1. The number of likely N-dealkylation sites (tertiary alicyclic amines) is 1. The number of halogens is 3. The highest BCUT2D eigenvalue weighted by Gasteiger charge is 2.38. The van der Waals surface area contributed by atoms with E-state index in [0.29, 0.717) is 40.6 Å². The maximum absolute atomic E-state index is 15.0. The minimum absolute atomic E-state index is 0.185. The lowest BCUT2D eigenvalue weighted by Crippen LogP contribution is -2.35. The molecular weight excluding hydrogens is 530 g/mol. The number of nitrogens with one attached hydrogen (secondary N) is 1. The van der Waals surface area contributed by atoms with E-state index in [1.807, 2.05) is 12.1 Å². The van der Waals surface area contributed by atoms with Gasteiger partial charge in [-0.1, -0.05) is 23.2 Å². The van der Waals surface area contributed by atoms with Crippen LogP contribution < -0.4 is 4.72 Å². The van der Waals surface area contributed by atoms with Crippen molar-refractivity contribution in [2.75, 3.05) is 13.1 Å². The van der Waals surface area contributed by atoms with Gasteiger partial charge < -0.3 is 0 Å². The molecule has 3 aliphatic rings. The molecule has 2 aliphatic carbocycles. The number of nitrogens with zero attached hydrogens (tertiary/aromatic N) is 1. The molecule has 0 unspecified atom stereocenters. The molecule has 35 heavy (non-hydrogen) atoms. The number of piperidine rings is 1. The number of rotatable bonds is 8. The molecule has 2 aromatic carbocycles. The van der Waals surface area contributed by atoms with Gasteiger partial charge in [0.15, 0.2) is 0 Å². The van der Waals surface area contributed by atoms with Gasteiger partial charge in [-0.2, -0.15) is 0 Å². The standard InChI is InChI=1S/C25H27Cl2FN2O3S2/c26-17-10-18(27)12-20(11-17)34-19-5-7-30(8-6-19)14-16-9-24(28)23(13-22(16)15-1-2-15)25(31)29-35(32,33)21-3-4-21/h9-13,15,19,21H,1-8,14H2,(H,29,31). The topological polar surface area (TPSA) is 66.5 Å². The molecule has 1 heterocycles. The Morgan fingerprint density at radius 3 is 2.26 bits per heavy atom. The molecule has 1 saturated heterocycles. The summed E-state index contributed by atoms with van der Waals surface area (Å²) < 4.78 is 41.3. The van der Waals surface area contributed by atoms with E-state index in [9.17, 15) is 17.6 Å². The van der Waals surface area contributed by atoms with E-state index in [1.165, 1.54) is 6.07 Å². The fourth-order valence-corrected chi connectivity index (χ4v) is 7.75. The molecule has 1 amide bonds. The summed E-state index contributed by atoms with van der Waals surface area (Å²) in [5, 5.41) is 1.19. The molecule has 10 heteroatoms. The molecule has 0 spiro atoms. The summed E-state index contributed by atoms with van der Waals surface area (Å²) in [6.07, 6.45) is 5.08. The van der Waals surface area contributed by atoms with Gasteiger partial charge in [-0.15, -0.1) is 11.8 Å². The first-order chi connectivity index (χ1) is 16.7. The Morgan fingerprint density at radius 1 is 1.00 bits per heavy atom. The molecule has 2 aromatic rings. The Bertz CT molecular complexity index is 1220. The zero-order valence-corrected chi connectivity index (χ0v) is 22.2. The van der Waals surface area contributed by atoms with Crippen LogP contribution in [0.2, 0.25) is 10.0 Å². The molecular formula is C25H27Cl2FN2O3S2. The first kappa shape index (κ1) is 25.3. The van der Waals surface area contributed by atoms with Gasteiger partial charge in [0.2, 0.25) is 10.0 Å². The number of hydrogen-bond donors (Lipinski definition) is 1. The Hall–Kier alpha value is -1.32. The Kier molecular flexibility index (Phi) is 7.39. The number of carbonyl (C=O) groups is 1. The van der Waals surface area contributed by atoms with Crippen molar-refractivity contribution in [3.63, 3.8) is 0 Å². The normalized spacial score (nSPS) is 19.6. The van der Waals surface area contributed by atoms with Crippen molar-refractivity contribution in [1.82, 2.24) is 9.62 Å². The molecule has 5 rings (SSSR count). The summed E-state index contributed by atoms with van der Waals surface area (Å²) in [5.41, 5.74) is 1.67. The SMILES string of the molecule is O=C(NS(=O)(=O)C1CC1)c1cc(C2CC2)c(CN2CCC(Sc3cc(Cl)cc(Cl)c3)CC2)cc1F. The van der Waals surface area contributed by atoms with Gasteiger partial charge in [0.25, 0.3) is 5.91 Å².